The van der Waals surface area contributed by atoms with Gasteiger partial charge in [-0.05, 0) is 56.7 Å². The third kappa shape index (κ3) is 5.57. The summed E-state index contributed by atoms with van der Waals surface area (Å²) in [6.45, 7) is 5.68. The van der Waals surface area contributed by atoms with Crippen molar-refractivity contribution in [1.29, 1.82) is 0 Å². The SMILES string of the molecule is CCOc1cc([C@@H](CS(C)(=O)=O)n2c(=O)[nH]c3ccc(C(=O)OC(C)C)cc32)ccc1OC. The Kier molecular flexibility index (Phi) is 7.16. The van der Waals surface area contributed by atoms with Crippen LogP contribution < -0.4 is 15.2 Å². The van der Waals surface area contributed by atoms with Gasteiger partial charge in [0.1, 0.15) is 9.84 Å². The first-order chi connectivity index (χ1) is 15.5. The van der Waals surface area contributed by atoms with Crippen LogP contribution in [0.4, 0.5) is 0 Å². The number of ether oxygens (including phenoxy) is 3. The molecule has 33 heavy (non-hydrogen) atoms. The van der Waals surface area contributed by atoms with Gasteiger partial charge in [-0.1, -0.05) is 6.07 Å². The number of imidazole rings is 1. The highest BCUT2D eigenvalue weighted by molar-refractivity contribution is 7.90. The number of aromatic nitrogens is 2. The first kappa shape index (κ1) is 24.4. The minimum Gasteiger partial charge on any atom is -0.493 e. The maximum atomic E-state index is 13.0. The van der Waals surface area contributed by atoms with Gasteiger partial charge in [0.15, 0.2) is 11.5 Å². The Morgan fingerprint density at radius 3 is 2.45 bits per heavy atom. The fourth-order valence-corrected chi connectivity index (χ4v) is 4.53. The number of fused-ring (bicyclic) bond motifs is 1. The molecule has 178 valence electrons. The van der Waals surface area contributed by atoms with Gasteiger partial charge in [0.2, 0.25) is 0 Å². The lowest BCUT2D eigenvalue weighted by atomic mass is 10.1. The van der Waals surface area contributed by atoms with E-state index < -0.39 is 27.5 Å². The molecule has 1 aromatic heterocycles. The van der Waals surface area contributed by atoms with Gasteiger partial charge in [0.05, 0.1) is 48.2 Å². The van der Waals surface area contributed by atoms with Crippen LogP contribution in [0.15, 0.2) is 41.2 Å². The van der Waals surface area contributed by atoms with Crippen LogP contribution in [0.2, 0.25) is 0 Å². The zero-order valence-corrected chi connectivity index (χ0v) is 20.1. The maximum Gasteiger partial charge on any atom is 0.338 e. The zero-order valence-electron chi connectivity index (χ0n) is 19.2. The van der Waals surface area contributed by atoms with E-state index in [0.717, 1.165) is 6.26 Å². The molecule has 10 heteroatoms. The van der Waals surface area contributed by atoms with Crippen LogP contribution >= 0.6 is 0 Å². The van der Waals surface area contributed by atoms with Crippen LogP contribution in [-0.4, -0.2) is 55.8 Å². The van der Waals surface area contributed by atoms with E-state index in [9.17, 15) is 18.0 Å². The van der Waals surface area contributed by atoms with E-state index in [1.807, 2.05) is 6.92 Å². The number of aromatic amines is 1. The lowest BCUT2D eigenvalue weighted by molar-refractivity contribution is 0.0378. The molecule has 3 aromatic rings. The number of nitrogens with one attached hydrogen (secondary N) is 1. The van der Waals surface area contributed by atoms with Gasteiger partial charge >= 0.3 is 11.7 Å². The van der Waals surface area contributed by atoms with E-state index in [-0.39, 0.29) is 17.4 Å². The van der Waals surface area contributed by atoms with E-state index in [0.29, 0.717) is 34.7 Å². The quantitative estimate of drug-likeness (QED) is 0.472. The number of sulfone groups is 1. The number of carbonyl (C=O) groups excluding carboxylic acids is 1. The van der Waals surface area contributed by atoms with Crippen molar-refractivity contribution in [3.8, 4) is 11.5 Å². The van der Waals surface area contributed by atoms with Crippen LogP contribution in [0.5, 0.6) is 11.5 Å². The smallest absolute Gasteiger partial charge is 0.338 e. The van der Waals surface area contributed by atoms with Crippen molar-refractivity contribution < 1.29 is 27.4 Å². The first-order valence-electron chi connectivity index (χ1n) is 10.5. The highest BCUT2D eigenvalue weighted by atomic mass is 32.2. The number of carbonyl (C=O) groups is 1. The molecule has 0 saturated heterocycles. The third-order valence-corrected chi connectivity index (χ3v) is 5.86. The van der Waals surface area contributed by atoms with Crippen molar-refractivity contribution in [3.05, 3.63) is 58.0 Å². The molecule has 3 rings (SSSR count). The summed E-state index contributed by atoms with van der Waals surface area (Å²) in [4.78, 5) is 28.1. The minimum absolute atomic E-state index is 0.256. The molecular formula is C23H28N2O7S. The van der Waals surface area contributed by atoms with Gasteiger partial charge in [-0.25, -0.2) is 18.0 Å². The molecule has 0 amide bonds. The summed E-state index contributed by atoms with van der Waals surface area (Å²) < 4.78 is 42.2. The highest BCUT2D eigenvalue weighted by Crippen LogP contribution is 2.33. The molecule has 0 bridgehead atoms. The molecular weight excluding hydrogens is 448 g/mol. The number of H-pyrrole nitrogens is 1. The van der Waals surface area contributed by atoms with Crippen LogP contribution in [0.25, 0.3) is 11.0 Å². The molecule has 0 saturated carbocycles. The predicted molar refractivity (Wildman–Crippen MR) is 125 cm³/mol. The van der Waals surface area contributed by atoms with Gasteiger partial charge in [-0.15, -0.1) is 0 Å². The molecule has 1 N–H and O–H groups in total. The molecule has 1 atom stereocenters. The topological polar surface area (TPSA) is 117 Å². The van der Waals surface area contributed by atoms with E-state index in [1.165, 1.54) is 17.7 Å². The lowest BCUT2D eigenvalue weighted by Gasteiger charge is -2.20. The fourth-order valence-electron chi connectivity index (χ4n) is 3.62. The number of methoxy groups -OCH3 is 1. The number of esters is 1. The molecule has 0 radical (unpaired) electrons. The summed E-state index contributed by atoms with van der Waals surface area (Å²) in [5.41, 5.74) is 1.16. The van der Waals surface area contributed by atoms with E-state index in [2.05, 4.69) is 4.98 Å². The molecule has 0 unspecified atom stereocenters. The van der Waals surface area contributed by atoms with Crippen molar-refractivity contribution in [2.45, 2.75) is 32.9 Å². The van der Waals surface area contributed by atoms with Gasteiger partial charge in [0.25, 0.3) is 0 Å². The van der Waals surface area contributed by atoms with Crippen molar-refractivity contribution in [3.63, 3.8) is 0 Å². The second kappa shape index (κ2) is 9.70. The Balaban J connectivity index is 2.22. The molecule has 0 aliphatic heterocycles. The second-order valence-corrected chi connectivity index (χ2v) is 10.1. The van der Waals surface area contributed by atoms with Crippen LogP contribution in [0, 0.1) is 0 Å². The molecule has 1 heterocycles. The second-order valence-electron chi connectivity index (χ2n) is 7.94. The molecule has 2 aromatic carbocycles. The highest BCUT2D eigenvalue weighted by Gasteiger charge is 2.25. The fraction of sp³-hybridized carbons (Fsp3) is 0.391. The number of rotatable bonds is 9. The summed E-state index contributed by atoms with van der Waals surface area (Å²) in [6.07, 6.45) is 0.800. The van der Waals surface area contributed by atoms with Crippen molar-refractivity contribution in [2.24, 2.45) is 0 Å². The monoisotopic (exact) mass is 476 g/mol. The Bertz CT molecular complexity index is 1320. The van der Waals surface area contributed by atoms with Crippen molar-refractivity contribution in [2.75, 3.05) is 25.7 Å². The summed E-state index contributed by atoms with van der Waals surface area (Å²) in [7, 11) is -2.00. The standard InChI is InChI=1S/C23H28N2O7S/c1-6-31-21-12-15(8-10-20(21)30-4)19(13-33(5,28)29)25-18-11-16(22(26)32-14(2)3)7-9-17(18)24-23(25)27/h7-12,14,19H,6,13H2,1-5H3,(H,24,27)/t19-/m1/s1. The van der Waals surface area contributed by atoms with Gasteiger partial charge in [0, 0.05) is 6.26 Å². The van der Waals surface area contributed by atoms with Gasteiger partial charge < -0.3 is 19.2 Å². The van der Waals surface area contributed by atoms with Gasteiger partial charge in [-0.3, -0.25) is 4.57 Å². The number of hydrogen-bond donors (Lipinski definition) is 1. The lowest BCUT2D eigenvalue weighted by Crippen LogP contribution is -2.28. The van der Waals surface area contributed by atoms with Crippen molar-refractivity contribution >= 4 is 26.8 Å². The number of hydrogen-bond acceptors (Lipinski definition) is 7. The van der Waals surface area contributed by atoms with E-state index in [1.54, 1.807) is 44.2 Å². The third-order valence-electron chi connectivity index (χ3n) is 4.94. The molecule has 0 aliphatic rings. The summed E-state index contributed by atoms with van der Waals surface area (Å²) in [5, 5.41) is 0. The maximum absolute atomic E-state index is 13.0. The summed E-state index contributed by atoms with van der Waals surface area (Å²) >= 11 is 0. The van der Waals surface area contributed by atoms with Gasteiger partial charge in [-0.2, -0.15) is 0 Å². The Hall–Kier alpha value is -3.27. The largest absolute Gasteiger partial charge is 0.493 e. The first-order valence-corrected chi connectivity index (χ1v) is 12.5. The van der Waals surface area contributed by atoms with E-state index >= 15 is 0 Å². The number of benzene rings is 2. The Labute approximate surface area is 192 Å². The summed E-state index contributed by atoms with van der Waals surface area (Å²) in [5.74, 6) is 0.0574. The molecule has 0 spiro atoms. The van der Waals surface area contributed by atoms with Crippen molar-refractivity contribution in [1.82, 2.24) is 9.55 Å². The van der Waals surface area contributed by atoms with Crippen LogP contribution in [0.3, 0.4) is 0 Å². The average molecular weight is 477 g/mol. The normalized spacial score (nSPS) is 12.7. The average Bonchev–Trinajstić information content (AvgIpc) is 3.06. The van der Waals surface area contributed by atoms with Crippen LogP contribution in [-0.2, 0) is 14.6 Å². The number of nitrogens with zero attached hydrogens (tertiary/aromatic N) is 1. The van der Waals surface area contributed by atoms with Crippen LogP contribution in [0.1, 0.15) is 42.7 Å². The minimum atomic E-state index is -3.50. The molecule has 0 fully saturated rings. The Morgan fingerprint density at radius 2 is 1.85 bits per heavy atom. The Morgan fingerprint density at radius 1 is 1.12 bits per heavy atom. The molecule has 0 aliphatic carbocycles. The predicted octanol–water partition coefficient (Wildman–Crippen LogP) is 2.94. The molecule has 9 nitrogen and oxygen atoms in total. The summed E-state index contributed by atoms with van der Waals surface area (Å²) in [6, 6.07) is 8.84. The zero-order chi connectivity index (χ0) is 24.3. The van der Waals surface area contributed by atoms with E-state index in [4.69, 9.17) is 14.2 Å².